The Labute approximate surface area is 124 Å². The SMILES string of the molecule is Cl.NC(=O)c1ccc(S(=O)(=O)NC2CCCNC2)cc1. The molecule has 1 heterocycles. The number of hydrogen-bond acceptors (Lipinski definition) is 4. The molecule has 1 saturated heterocycles. The molecule has 20 heavy (non-hydrogen) atoms. The molecule has 0 spiro atoms. The van der Waals surface area contributed by atoms with Crippen LogP contribution >= 0.6 is 12.4 Å². The number of amides is 1. The maximum absolute atomic E-state index is 12.1. The average Bonchev–Trinajstić information content (AvgIpc) is 2.39. The van der Waals surface area contributed by atoms with Crippen molar-refractivity contribution in [3.63, 3.8) is 0 Å². The van der Waals surface area contributed by atoms with Crippen LogP contribution in [0.3, 0.4) is 0 Å². The van der Waals surface area contributed by atoms with E-state index in [0.717, 1.165) is 19.4 Å². The topological polar surface area (TPSA) is 101 Å². The predicted octanol–water partition coefficient (Wildman–Crippen LogP) is 0.238. The maximum atomic E-state index is 12.1. The number of piperidine rings is 1. The highest BCUT2D eigenvalue weighted by Gasteiger charge is 2.21. The highest BCUT2D eigenvalue weighted by molar-refractivity contribution is 7.89. The highest BCUT2D eigenvalue weighted by Crippen LogP contribution is 2.12. The van der Waals surface area contributed by atoms with Crippen LogP contribution < -0.4 is 15.8 Å². The number of carbonyl (C=O) groups excluding carboxylic acids is 1. The number of sulfonamides is 1. The van der Waals surface area contributed by atoms with E-state index in [0.29, 0.717) is 12.1 Å². The monoisotopic (exact) mass is 319 g/mol. The Morgan fingerprint density at radius 1 is 1.30 bits per heavy atom. The Hall–Kier alpha value is -1.15. The van der Waals surface area contributed by atoms with Crippen LogP contribution in [0.25, 0.3) is 0 Å². The largest absolute Gasteiger partial charge is 0.366 e. The second kappa shape index (κ2) is 7.03. The van der Waals surface area contributed by atoms with Crippen LogP contribution in [-0.2, 0) is 10.0 Å². The van der Waals surface area contributed by atoms with E-state index in [1.54, 1.807) is 0 Å². The number of nitrogens with one attached hydrogen (secondary N) is 2. The van der Waals surface area contributed by atoms with Gasteiger partial charge in [-0.2, -0.15) is 0 Å². The molecule has 0 bridgehead atoms. The minimum Gasteiger partial charge on any atom is -0.366 e. The lowest BCUT2D eigenvalue weighted by atomic mass is 10.1. The van der Waals surface area contributed by atoms with Gasteiger partial charge in [0, 0.05) is 18.2 Å². The van der Waals surface area contributed by atoms with Crippen LogP contribution in [0, 0.1) is 0 Å². The number of hydrogen-bond donors (Lipinski definition) is 3. The Kier molecular flexibility index (Phi) is 5.94. The van der Waals surface area contributed by atoms with E-state index in [2.05, 4.69) is 10.0 Å². The Balaban J connectivity index is 0.00000200. The van der Waals surface area contributed by atoms with Gasteiger partial charge in [0.05, 0.1) is 4.90 Å². The fourth-order valence-electron chi connectivity index (χ4n) is 2.04. The lowest BCUT2D eigenvalue weighted by Crippen LogP contribution is -2.45. The smallest absolute Gasteiger partial charge is 0.248 e. The van der Waals surface area contributed by atoms with Crippen molar-refractivity contribution in [2.45, 2.75) is 23.8 Å². The Morgan fingerprint density at radius 3 is 2.45 bits per heavy atom. The van der Waals surface area contributed by atoms with Gasteiger partial charge in [0.1, 0.15) is 0 Å². The molecule has 0 saturated carbocycles. The first kappa shape index (κ1) is 16.9. The molecule has 112 valence electrons. The molecule has 0 aromatic heterocycles. The fourth-order valence-corrected chi connectivity index (χ4v) is 3.31. The summed E-state index contributed by atoms with van der Waals surface area (Å²) in [6.45, 7) is 1.56. The molecule has 1 aliphatic heterocycles. The van der Waals surface area contributed by atoms with E-state index in [4.69, 9.17) is 5.73 Å². The standard InChI is InChI=1S/C12H17N3O3S.ClH/c13-12(16)9-3-5-11(6-4-9)19(17,18)15-10-2-1-7-14-8-10;/h3-6,10,14-15H,1-2,7-8H2,(H2,13,16);1H. The van der Waals surface area contributed by atoms with Gasteiger partial charge >= 0.3 is 0 Å². The zero-order chi connectivity index (χ0) is 13.9. The summed E-state index contributed by atoms with van der Waals surface area (Å²) in [4.78, 5) is 11.1. The van der Waals surface area contributed by atoms with Gasteiger partial charge < -0.3 is 11.1 Å². The molecule has 2 rings (SSSR count). The molecule has 1 fully saturated rings. The molecule has 8 heteroatoms. The number of halogens is 1. The second-order valence-corrected chi connectivity index (χ2v) is 6.27. The summed E-state index contributed by atoms with van der Waals surface area (Å²) in [6.07, 6.45) is 1.78. The summed E-state index contributed by atoms with van der Waals surface area (Å²) in [5, 5.41) is 3.14. The van der Waals surface area contributed by atoms with Crippen LogP contribution in [0.1, 0.15) is 23.2 Å². The van der Waals surface area contributed by atoms with E-state index in [1.807, 2.05) is 0 Å². The molecule has 1 atom stereocenters. The molecule has 1 aliphatic rings. The first-order valence-electron chi connectivity index (χ1n) is 6.12. The molecule has 0 radical (unpaired) electrons. The van der Waals surface area contributed by atoms with Gasteiger partial charge in [0.15, 0.2) is 0 Å². The predicted molar refractivity (Wildman–Crippen MR) is 78.4 cm³/mol. The molecule has 0 aliphatic carbocycles. The van der Waals surface area contributed by atoms with Crippen molar-refractivity contribution in [2.24, 2.45) is 5.73 Å². The summed E-state index contributed by atoms with van der Waals surface area (Å²) < 4.78 is 26.9. The van der Waals surface area contributed by atoms with Crippen LogP contribution in [0.2, 0.25) is 0 Å². The van der Waals surface area contributed by atoms with Gasteiger partial charge in [-0.15, -0.1) is 12.4 Å². The second-order valence-electron chi connectivity index (χ2n) is 4.55. The van der Waals surface area contributed by atoms with Gasteiger partial charge in [-0.05, 0) is 43.7 Å². The van der Waals surface area contributed by atoms with E-state index in [9.17, 15) is 13.2 Å². The third-order valence-electron chi connectivity index (χ3n) is 3.07. The van der Waals surface area contributed by atoms with Crippen LogP contribution in [0.5, 0.6) is 0 Å². The summed E-state index contributed by atoms with van der Waals surface area (Å²) in [6, 6.07) is 5.51. The number of nitrogens with two attached hydrogens (primary N) is 1. The maximum Gasteiger partial charge on any atom is 0.248 e. The minimum absolute atomic E-state index is 0. The molecule has 1 unspecified atom stereocenters. The normalized spacial score (nSPS) is 19.1. The van der Waals surface area contributed by atoms with E-state index < -0.39 is 15.9 Å². The fraction of sp³-hybridized carbons (Fsp3) is 0.417. The Morgan fingerprint density at radius 2 is 1.95 bits per heavy atom. The van der Waals surface area contributed by atoms with Crippen molar-refractivity contribution in [3.05, 3.63) is 29.8 Å². The van der Waals surface area contributed by atoms with Crippen LogP contribution in [0.15, 0.2) is 29.2 Å². The summed E-state index contributed by atoms with van der Waals surface area (Å²) in [7, 11) is -3.54. The zero-order valence-electron chi connectivity index (χ0n) is 10.8. The molecule has 1 amide bonds. The van der Waals surface area contributed by atoms with Crippen molar-refractivity contribution < 1.29 is 13.2 Å². The van der Waals surface area contributed by atoms with Crippen LogP contribution in [0.4, 0.5) is 0 Å². The van der Waals surface area contributed by atoms with Gasteiger partial charge in [-0.25, -0.2) is 13.1 Å². The summed E-state index contributed by atoms with van der Waals surface area (Å²) in [5.41, 5.74) is 5.40. The van der Waals surface area contributed by atoms with Gasteiger partial charge in [0.25, 0.3) is 0 Å². The highest BCUT2D eigenvalue weighted by atomic mass is 35.5. The van der Waals surface area contributed by atoms with Gasteiger partial charge in [-0.1, -0.05) is 0 Å². The summed E-state index contributed by atoms with van der Waals surface area (Å²) in [5.74, 6) is -0.576. The first-order valence-corrected chi connectivity index (χ1v) is 7.60. The van der Waals surface area contributed by atoms with E-state index >= 15 is 0 Å². The molecule has 4 N–H and O–H groups in total. The van der Waals surface area contributed by atoms with E-state index in [-0.39, 0.29) is 23.3 Å². The lowest BCUT2D eigenvalue weighted by molar-refractivity contribution is 0.1000. The third-order valence-corrected chi connectivity index (χ3v) is 4.60. The van der Waals surface area contributed by atoms with Crippen molar-refractivity contribution in [1.82, 2.24) is 10.0 Å². The summed E-state index contributed by atoms with van der Waals surface area (Å²) >= 11 is 0. The number of benzene rings is 1. The van der Waals surface area contributed by atoms with Crippen molar-refractivity contribution in [2.75, 3.05) is 13.1 Å². The quantitative estimate of drug-likeness (QED) is 0.739. The molecular weight excluding hydrogens is 302 g/mol. The minimum atomic E-state index is -3.54. The number of primary amides is 1. The molecular formula is C12H18ClN3O3S. The van der Waals surface area contributed by atoms with E-state index in [1.165, 1.54) is 24.3 Å². The van der Waals surface area contributed by atoms with Crippen LogP contribution in [-0.4, -0.2) is 33.5 Å². The van der Waals surface area contributed by atoms with Crippen molar-refractivity contribution >= 4 is 28.3 Å². The average molecular weight is 320 g/mol. The molecule has 1 aromatic rings. The lowest BCUT2D eigenvalue weighted by Gasteiger charge is -2.23. The van der Waals surface area contributed by atoms with Gasteiger partial charge in [0.2, 0.25) is 15.9 Å². The first-order chi connectivity index (χ1) is 8.99. The van der Waals surface area contributed by atoms with Crippen molar-refractivity contribution in [3.8, 4) is 0 Å². The number of carbonyl (C=O) groups is 1. The zero-order valence-corrected chi connectivity index (χ0v) is 12.5. The molecule has 1 aromatic carbocycles. The van der Waals surface area contributed by atoms with Crippen molar-refractivity contribution in [1.29, 1.82) is 0 Å². The Bertz CT molecular complexity index is 554. The van der Waals surface area contributed by atoms with Gasteiger partial charge in [-0.3, -0.25) is 4.79 Å². The number of rotatable bonds is 4. The molecule has 6 nitrogen and oxygen atoms in total. The third kappa shape index (κ3) is 4.17.